The summed E-state index contributed by atoms with van der Waals surface area (Å²) < 4.78 is 10.7. The number of methoxy groups -OCH3 is 2. The molecule has 2 aromatic carbocycles. The van der Waals surface area contributed by atoms with E-state index in [1.54, 1.807) is 32.4 Å². The quantitative estimate of drug-likeness (QED) is 0.735. The van der Waals surface area contributed by atoms with Crippen LogP contribution >= 0.6 is 0 Å². The van der Waals surface area contributed by atoms with Crippen LogP contribution in [0.5, 0.6) is 11.5 Å². The monoisotopic (exact) mass is 394 g/mol. The van der Waals surface area contributed by atoms with E-state index in [1.165, 1.54) is 0 Å². The van der Waals surface area contributed by atoms with Crippen molar-refractivity contribution in [1.82, 2.24) is 10.2 Å². The van der Waals surface area contributed by atoms with Crippen LogP contribution < -0.4 is 14.8 Å². The van der Waals surface area contributed by atoms with Crippen LogP contribution in [0.1, 0.15) is 35.7 Å². The average Bonchev–Trinajstić information content (AvgIpc) is 3.26. The van der Waals surface area contributed by atoms with Gasteiger partial charge in [0.15, 0.2) is 0 Å². The van der Waals surface area contributed by atoms with Gasteiger partial charge in [0.1, 0.15) is 11.5 Å². The van der Waals surface area contributed by atoms with Crippen LogP contribution in [-0.4, -0.2) is 50.7 Å². The predicted molar refractivity (Wildman–Crippen MR) is 117 cm³/mol. The topological polar surface area (TPSA) is 50.8 Å². The molecule has 0 aromatic heterocycles. The SMILES string of the molecule is COc1cc(OC)cc(C(=O)N(CC(C)=Cc2ccccc2)CC2CCCN2)c1. The highest BCUT2D eigenvalue weighted by molar-refractivity contribution is 5.95. The van der Waals surface area contributed by atoms with Crippen molar-refractivity contribution in [2.24, 2.45) is 0 Å². The fraction of sp³-hybridized carbons (Fsp3) is 0.375. The van der Waals surface area contributed by atoms with Crippen LogP contribution in [0.25, 0.3) is 6.08 Å². The Morgan fingerprint density at radius 3 is 2.41 bits per heavy atom. The Balaban J connectivity index is 1.84. The highest BCUT2D eigenvalue weighted by Gasteiger charge is 2.23. The first-order valence-corrected chi connectivity index (χ1v) is 10.1. The van der Waals surface area contributed by atoms with E-state index in [2.05, 4.69) is 30.4 Å². The Morgan fingerprint density at radius 2 is 1.83 bits per heavy atom. The first-order chi connectivity index (χ1) is 14.1. The number of ether oxygens (including phenoxy) is 2. The molecule has 29 heavy (non-hydrogen) atoms. The maximum Gasteiger partial charge on any atom is 0.254 e. The van der Waals surface area contributed by atoms with Gasteiger partial charge >= 0.3 is 0 Å². The van der Waals surface area contributed by atoms with E-state index in [4.69, 9.17) is 9.47 Å². The highest BCUT2D eigenvalue weighted by atomic mass is 16.5. The predicted octanol–water partition coefficient (Wildman–Crippen LogP) is 4.00. The standard InChI is InChI=1S/C24H30N2O3/c1-18(12-19-8-5-4-6-9-19)16-26(17-21-10-7-11-25-21)24(27)20-13-22(28-2)15-23(14-20)29-3/h4-6,8-9,12-15,21,25H,7,10-11,16-17H2,1-3H3. The van der Waals surface area contributed by atoms with Crippen LogP contribution in [0.15, 0.2) is 54.1 Å². The molecule has 5 nitrogen and oxygen atoms in total. The molecule has 1 fully saturated rings. The Labute approximate surface area is 173 Å². The molecule has 3 rings (SSSR count). The molecule has 1 aliphatic rings. The summed E-state index contributed by atoms with van der Waals surface area (Å²) in [5, 5.41) is 3.50. The van der Waals surface area contributed by atoms with E-state index < -0.39 is 0 Å². The Kier molecular flexibility index (Phi) is 7.30. The molecule has 0 saturated carbocycles. The van der Waals surface area contributed by atoms with Crippen molar-refractivity contribution in [1.29, 1.82) is 0 Å². The molecule has 1 saturated heterocycles. The second-order valence-electron chi connectivity index (χ2n) is 7.48. The molecular formula is C24H30N2O3. The molecular weight excluding hydrogens is 364 g/mol. The van der Waals surface area contributed by atoms with E-state index in [1.807, 2.05) is 23.1 Å². The van der Waals surface area contributed by atoms with Gasteiger partial charge in [-0.05, 0) is 44.0 Å². The molecule has 1 amide bonds. The van der Waals surface area contributed by atoms with Crippen molar-refractivity contribution in [2.45, 2.75) is 25.8 Å². The van der Waals surface area contributed by atoms with Gasteiger partial charge in [0.25, 0.3) is 5.91 Å². The maximum atomic E-state index is 13.4. The van der Waals surface area contributed by atoms with Gasteiger partial charge in [0.2, 0.25) is 0 Å². The van der Waals surface area contributed by atoms with E-state index in [-0.39, 0.29) is 5.91 Å². The zero-order chi connectivity index (χ0) is 20.6. The Morgan fingerprint density at radius 1 is 1.14 bits per heavy atom. The minimum atomic E-state index is -0.0169. The molecule has 154 valence electrons. The van der Waals surface area contributed by atoms with Gasteiger partial charge < -0.3 is 19.7 Å². The summed E-state index contributed by atoms with van der Waals surface area (Å²) in [6.45, 7) is 4.34. The van der Waals surface area contributed by atoms with Crippen molar-refractivity contribution in [3.8, 4) is 11.5 Å². The number of nitrogens with zero attached hydrogens (tertiary/aromatic N) is 1. The van der Waals surface area contributed by atoms with E-state index in [0.717, 1.165) is 30.5 Å². The zero-order valence-corrected chi connectivity index (χ0v) is 17.5. The molecule has 1 N–H and O–H groups in total. The molecule has 0 spiro atoms. The molecule has 1 unspecified atom stereocenters. The van der Waals surface area contributed by atoms with Crippen LogP contribution in [0, 0.1) is 0 Å². The Bertz CT molecular complexity index is 820. The third-order valence-corrected chi connectivity index (χ3v) is 5.14. The van der Waals surface area contributed by atoms with Gasteiger partial charge in [-0.15, -0.1) is 0 Å². The van der Waals surface area contributed by atoms with Crippen molar-refractivity contribution in [3.05, 3.63) is 65.2 Å². The molecule has 1 atom stereocenters. The minimum absolute atomic E-state index is 0.0169. The summed E-state index contributed by atoms with van der Waals surface area (Å²) in [4.78, 5) is 15.3. The second kappa shape index (κ2) is 10.1. The number of carbonyl (C=O) groups excluding carboxylic acids is 1. The number of nitrogens with one attached hydrogen (secondary N) is 1. The second-order valence-corrected chi connectivity index (χ2v) is 7.48. The summed E-state index contributed by atoms with van der Waals surface area (Å²) in [5.74, 6) is 1.21. The van der Waals surface area contributed by atoms with Crippen molar-refractivity contribution in [2.75, 3.05) is 33.9 Å². The molecule has 0 bridgehead atoms. The van der Waals surface area contributed by atoms with Crippen LogP contribution in [0.4, 0.5) is 0 Å². The lowest BCUT2D eigenvalue weighted by atomic mass is 10.1. The number of hydrogen-bond acceptors (Lipinski definition) is 4. The van der Waals surface area contributed by atoms with Gasteiger partial charge in [-0.3, -0.25) is 4.79 Å². The van der Waals surface area contributed by atoms with Crippen LogP contribution in [0.3, 0.4) is 0 Å². The van der Waals surface area contributed by atoms with Gasteiger partial charge in [0.05, 0.1) is 14.2 Å². The first-order valence-electron chi connectivity index (χ1n) is 10.1. The minimum Gasteiger partial charge on any atom is -0.497 e. The number of carbonyl (C=O) groups is 1. The molecule has 1 aliphatic heterocycles. The molecule has 1 heterocycles. The summed E-state index contributed by atoms with van der Waals surface area (Å²) in [7, 11) is 3.19. The van der Waals surface area contributed by atoms with Gasteiger partial charge in [-0.2, -0.15) is 0 Å². The summed E-state index contributed by atoms with van der Waals surface area (Å²) >= 11 is 0. The number of rotatable bonds is 8. The van der Waals surface area contributed by atoms with Crippen LogP contribution in [0.2, 0.25) is 0 Å². The number of hydrogen-bond donors (Lipinski definition) is 1. The summed E-state index contributed by atoms with van der Waals surface area (Å²) in [5.41, 5.74) is 2.85. The van der Waals surface area contributed by atoms with Gasteiger partial charge in [-0.25, -0.2) is 0 Å². The van der Waals surface area contributed by atoms with E-state index in [0.29, 0.717) is 36.2 Å². The van der Waals surface area contributed by atoms with Gasteiger partial charge in [0, 0.05) is 30.8 Å². The molecule has 0 radical (unpaired) electrons. The van der Waals surface area contributed by atoms with Crippen LogP contribution in [-0.2, 0) is 0 Å². The zero-order valence-electron chi connectivity index (χ0n) is 17.5. The highest BCUT2D eigenvalue weighted by Crippen LogP contribution is 2.24. The fourth-order valence-corrected chi connectivity index (χ4v) is 3.69. The van der Waals surface area contributed by atoms with Gasteiger partial charge in [-0.1, -0.05) is 42.0 Å². The van der Waals surface area contributed by atoms with Crippen molar-refractivity contribution >= 4 is 12.0 Å². The number of amides is 1. The first kappa shape index (κ1) is 20.9. The summed E-state index contributed by atoms with van der Waals surface area (Å²) in [6.07, 6.45) is 4.37. The lowest BCUT2D eigenvalue weighted by Gasteiger charge is -2.27. The third-order valence-electron chi connectivity index (χ3n) is 5.14. The summed E-state index contributed by atoms with van der Waals surface area (Å²) in [6, 6.07) is 15.8. The average molecular weight is 395 g/mol. The van der Waals surface area contributed by atoms with Crippen molar-refractivity contribution in [3.63, 3.8) is 0 Å². The van der Waals surface area contributed by atoms with E-state index in [9.17, 15) is 4.79 Å². The fourth-order valence-electron chi connectivity index (χ4n) is 3.69. The smallest absolute Gasteiger partial charge is 0.254 e. The molecule has 2 aromatic rings. The lowest BCUT2D eigenvalue weighted by molar-refractivity contribution is 0.0756. The third kappa shape index (κ3) is 5.84. The molecule has 5 heteroatoms. The normalized spacial score (nSPS) is 16.5. The van der Waals surface area contributed by atoms with E-state index >= 15 is 0 Å². The lowest BCUT2D eigenvalue weighted by Crippen LogP contribution is -2.42. The molecule has 0 aliphatic carbocycles. The maximum absolute atomic E-state index is 13.4. The number of benzene rings is 2. The van der Waals surface area contributed by atoms with Crippen molar-refractivity contribution < 1.29 is 14.3 Å². The largest absolute Gasteiger partial charge is 0.497 e. The Hall–Kier alpha value is -2.79.